The fourth-order valence-corrected chi connectivity index (χ4v) is 2.10. The number of hydrogen-bond donors (Lipinski definition) is 0. The number of likely N-dealkylation sites (N-methyl/N-ethyl adjacent to an activating group) is 1. The quantitative estimate of drug-likeness (QED) is 0.774. The van der Waals surface area contributed by atoms with E-state index in [2.05, 4.69) is 26.8 Å². The van der Waals surface area contributed by atoms with Crippen LogP contribution in [0.3, 0.4) is 0 Å². The molecule has 0 atom stereocenters. The van der Waals surface area contributed by atoms with Crippen LogP contribution in [-0.4, -0.2) is 54.7 Å². The summed E-state index contributed by atoms with van der Waals surface area (Å²) < 4.78 is 5.32. The standard InChI is InChI=1S/C12H19ClN4O/c1-3-18-9-11-14-10(13)8-12(15-11)17-6-4-16(2)5-7-17/h8H,3-7,9H2,1-2H3. The Balaban J connectivity index is 2.09. The van der Waals surface area contributed by atoms with Gasteiger partial charge in [-0.3, -0.25) is 0 Å². The molecule has 2 heterocycles. The minimum Gasteiger partial charge on any atom is -0.374 e. The molecule has 0 unspecified atom stereocenters. The Morgan fingerprint density at radius 1 is 1.28 bits per heavy atom. The van der Waals surface area contributed by atoms with Crippen molar-refractivity contribution in [3.63, 3.8) is 0 Å². The number of ether oxygens (including phenoxy) is 1. The topological polar surface area (TPSA) is 41.5 Å². The smallest absolute Gasteiger partial charge is 0.158 e. The summed E-state index contributed by atoms with van der Waals surface area (Å²) in [5.74, 6) is 1.55. The van der Waals surface area contributed by atoms with Crippen LogP contribution in [-0.2, 0) is 11.3 Å². The van der Waals surface area contributed by atoms with Crippen LogP contribution in [0.5, 0.6) is 0 Å². The molecule has 0 aliphatic carbocycles. The lowest BCUT2D eigenvalue weighted by Gasteiger charge is -2.33. The lowest BCUT2D eigenvalue weighted by Crippen LogP contribution is -2.44. The number of hydrogen-bond acceptors (Lipinski definition) is 5. The summed E-state index contributed by atoms with van der Waals surface area (Å²) in [5.41, 5.74) is 0. The van der Waals surface area contributed by atoms with Crippen LogP contribution in [0.4, 0.5) is 5.82 Å². The molecular formula is C12H19ClN4O. The van der Waals surface area contributed by atoms with Crippen molar-refractivity contribution < 1.29 is 4.74 Å². The van der Waals surface area contributed by atoms with Crippen LogP contribution >= 0.6 is 11.6 Å². The first kappa shape index (κ1) is 13.5. The largest absolute Gasteiger partial charge is 0.374 e. The maximum absolute atomic E-state index is 6.03. The Bertz CT molecular complexity index is 394. The van der Waals surface area contributed by atoms with E-state index >= 15 is 0 Å². The van der Waals surface area contributed by atoms with Crippen LogP contribution in [0.15, 0.2) is 6.07 Å². The third-order valence-electron chi connectivity index (χ3n) is 2.99. The van der Waals surface area contributed by atoms with E-state index in [1.807, 2.05) is 13.0 Å². The molecule has 5 nitrogen and oxygen atoms in total. The molecule has 1 fully saturated rings. The lowest BCUT2D eigenvalue weighted by atomic mass is 10.3. The molecule has 100 valence electrons. The summed E-state index contributed by atoms with van der Waals surface area (Å²) in [6.07, 6.45) is 0. The zero-order chi connectivity index (χ0) is 13.0. The molecule has 0 N–H and O–H groups in total. The first-order valence-electron chi connectivity index (χ1n) is 6.23. The molecule has 1 aromatic rings. The van der Waals surface area contributed by atoms with Crippen molar-refractivity contribution in [1.29, 1.82) is 0 Å². The van der Waals surface area contributed by atoms with E-state index < -0.39 is 0 Å². The molecule has 0 bridgehead atoms. The molecule has 0 amide bonds. The van der Waals surface area contributed by atoms with Gasteiger partial charge in [-0.05, 0) is 14.0 Å². The zero-order valence-corrected chi connectivity index (χ0v) is 11.7. The van der Waals surface area contributed by atoms with Crippen molar-refractivity contribution in [1.82, 2.24) is 14.9 Å². The summed E-state index contributed by atoms with van der Waals surface area (Å²) in [5, 5.41) is 0.480. The molecule has 6 heteroatoms. The monoisotopic (exact) mass is 270 g/mol. The van der Waals surface area contributed by atoms with Gasteiger partial charge in [-0.2, -0.15) is 0 Å². The van der Waals surface area contributed by atoms with Gasteiger partial charge in [0.1, 0.15) is 17.6 Å². The lowest BCUT2D eigenvalue weighted by molar-refractivity contribution is 0.128. The van der Waals surface area contributed by atoms with Crippen molar-refractivity contribution in [3.8, 4) is 0 Å². The van der Waals surface area contributed by atoms with E-state index in [9.17, 15) is 0 Å². The minimum absolute atomic E-state index is 0.414. The molecule has 1 saturated heterocycles. The van der Waals surface area contributed by atoms with Gasteiger partial charge < -0.3 is 14.5 Å². The second kappa shape index (κ2) is 6.31. The summed E-state index contributed by atoms with van der Waals surface area (Å²) in [7, 11) is 2.13. The Kier molecular flexibility index (Phi) is 4.74. The van der Waals surface area contributed by atoms with E-state index in [0.717, 1.165) is 32.0 Å². The van der Waals surface area contributed by atoms with Gasteiger partial charge in [0, 0.05) is 38.9 Å². The average molecular weight is 271 g/mol. The summed E-state index contributed by atoms with van der Waals surface area (Å²) in [6.45, 7) is 7.05. The highest BCUT2D eigenvalue weighted by atomic mass is 35.5. The van der Waals surface area contributed by atoms with Crippen molar-refractivity contribution in [3.05, 3.63) is 17.0 Å². The molecule has 0 aromatic carbocycles. The maximum Gasteiger partial charge on any atom is 0.158 e. The maximum atomic E-state index is 6.03. The molecule has 0 spiro atoms. The number of anilines is 1. The number of piperazine rings is 1. The Morgan fingerprint density at radius 3 is 2.67 bits per heavy atom. The Morgan fingerprint density at radius 2 is 2.00 bits per heavy atom. The molecule has 0 saturated carbocycles. The highest BCUT2D eigenvalue weighted by Gasteiger charge is 2.16. The average Bonchev–Trinajstić information content (AvgIpc) is 2.36. The van der Waals surface area contributed by atoms with E-state index in [1.165, 1.54) is 0 Å². The zero-order valence-electron chi connectivity index (χ0n) is 10.9. The molecule has 1 aromatic heterocycles. The minimum atomic E-state index is 0.414. The van der Waals surface area contributed by atoms with E-state index in [-0.39, 0.29) is 0 Å². The second-order valence-corrected chi connectivity index (χ2v) is 4.78. The van der Waals surface area contributed by atoms with Crippen molar-refractivity contribution in [2.75, 3.05) is 44.7 Å². The fourth-order valence-electron chi connectivity index (χ4n) is 1.91. The fraction of sp³-hybridized carbons (Fsp3) is 0.667. The third-order valence-corrected chi connectivity index (χ3v) is 3.18. The van der Waals surface area contributed by atoms with Crippen LogP contribution in [0, 0.1) is 0 Å². The first-order chi connectivity index (χ1) is 8.69. The van der Waals surface area contributed by atoms with Crippen molar-refractivity contribution >= 4 is 17.4 Å². The number of nitrogens with zero attached hydrogens (tertiary/aromatic N) is 4. The molecule has 1 aliphatic heterocycles. The van der Waals surface area contributed by atoms with Gasteiger partial charge in [0.2, 0.25) is 0 Å². The Hall–Kier alpha value is -0.910. The van der Waals surface area contributed by atoms with E-state index in [4.69, 9.17) is 16.3 Å². The van der Waals surface area contributed by atoms with Gasteiger partial charge in [-0.1, -0.05) is 11.6 Å². The SMILES string of the molecule is CCOCc1nc(Cl)cc(N2CCN(C)CC2)n1. The van der Waals surface area contributed by atoms with Crippen LogP contribution in [0.2, 0.25) is 5.15 Å². The molecule has 1 aliphatic rings. The van der Waals surface area contributed by atoms with Gasteiger partial charge >= 0.3 is 0 Å². The van der Waals surface area contributed by atoms with E-state index in [1.54, 1.807) is 0 Å². The van der Waals surface area contributed by atoms with Gasteiger partial charge in [0.05, 0.1) is 0 Å². The predicted octanol–water partition coefficient (Wildman–Crippen LogP) is 1.42. The highest BCUT2D eigenvalue weighted by Crippen LogP contribution is 2.17. The van der Waals surface area contributed by atoms with Gasteiger partial charge in [-0.25, -0.2) is 9.97 Å². The van der Waals surface area contributed by atoms with Crippen molar-refractivity contribution in [2.45, 2.75) is 13.5 Å². The number of halogens is 1. The van der Waals surface area contributed by atoms with Crippen LogP contribution in [0.25, 0.3) is 0 Å². The van der Waals surface area contributed by atoms with Crippen molar-refractivity contribution in [2.24, 2.45) is 0 Å². The second-order valence-electron chi connectivity index (χ2n) is 4.39. The molecule has 0 radical (unpaired) electrons. The Labute approximate surface area is 113 Å². The predicted molar refractivity (Wildman–Crippen MR) is 72.1 cm³/mol. The van der Waals surface area contributed by atoms with Crippen LogP contribution in [0.1, 0.15) is 12.7 Å². The molecular weight excluding hydrogens is 252 g/mol. The summed E-state index contributed by atoms with van der Waals surface area (Å²) in [4.78, 5) is 13.2. The first-order valence-corrected chi connectivity index (χ1v) is 6.61. The molecule has 18 heavy (non-hydrogen) atoms. The normalized spacial score (nSPS) is 17.2. The molecule has 2 rings (SSSR count). The van der Waals surface area contributed by atoms with E-state index in [0.29, 0.717) is 24.2 Å². The summed E-state index contributed by atoms with van der Waals surface area (Å²) in [6, 6.07) is 1.82. The van der Waals surface area contributed by atoms with Crippen LogP contribution < -0.4 is 4.90 Å². The highest BCUT2D eigenvalue weighted by molar-refractivity contribution is 6.29. The van der Waals surface area contributed by atoms with Gasteiger partial charge in [-0.15, -0.1) is 0 Å². The number of rotatable bonds is 4. The summed E-state index contributed by atoms with van der Waals surface area (Å²) >= 11 is 6.03. The van der Waals surface area contributed by atoms with Gasteiger partial charge in [0.25, 0.3) is 0 Å². The van der Waals surface area contributed by atoms with Gasteiger partial charge in [0.15, 0.2) is 5.82 Å². The third kappa shape index (κ3) is 3.54. The number of aromatic nitrogens is 2.